The third-order valence-corrected chi connectivity index (χ3v) is 3.38. The zero-order valence-corrected chi connectivity index (χ0v) is 10.9. The van der Waals surface area contributed by atoms with Crippen molar-refractivity contribution in [1.82, 2.24) is 4.90 Å². The first-order valence-electron chi connectivity index (χ1n) is 5.65. The molecule has 84 valence electrons. The van der Waals surface area contributed by atoms with Crippen LogP contribution in [0.4, 0.5) is 0 Å². The van der Waals surface area contributed by atoms with E-state index in [1.54, 1.807) is 0 Å². The Morgan fingerprint density at radius 3 is 2.65 bits per heavy atom. The maximum absolute atomic E-state index is 3.53. The van der Waals surface area contributed by atoms with Crippen LogP contribution in [0.2, 0.25) is 0 Å². The van der Waals surface area contributed by atoms with E-state index in [0.717, 1.165) is 10.9 Å². The van der Waals surface area contributed by atoms with Gasteiger partial charge in [0.2, 0.25) is 0 Å². The molecule has 0 saturated heterocycles. The normalized spacial score (nSPS) is 18.2. The maximum atomic E-state index is 3.53. The molecule has 0 unspecified atom stereocenters. The lowest BCUT2D eigenvalue weighted by atomic mass is 10.0. The lowest BCUT2D eigenvalue weighted by molar-refractivity contribution is 0.657. The van der Waals surface area contributed by atoms with E-state index in [9.17, 15) is 0 Å². The van der Waals surface area contributed by atoms with Gasteiger partial charge >= 0.3 is 0 Å². The second-order valence-electron chi connectivity index (χ2n) is 4.04. The van der Waals surface area contributed by atoms with Crippen molar-refractivity contribution in [2.24, 2.45) is 0 Å². The minimum atomic E-state index is 0.992. The van der Waals surface area contributed by atoms with E-state index in [2.05, 4.69) is 75.6 Å². The fraction of sp³-hybridized carbons (Fsp3) is 0.0667. The summed E-state index contributed by atoms with van der Waals surface area (Å²) in [7, 11) is 0. The van der Waals surface area contributed by atoms with Crippen LogP contribution in [-0.4, -0.2) is 4.90 Å². The van der Waals surface area contributed by atoms with E-state index in [0.29, 0.717) is 0 Å². The molecule has 0 amide bonds. The van der Waals surface area contributed by atoms with Crippen molar-refractivity contribution in [2.45, 2.75) is 6.42 Å². The standard InChI is InChI=1S/C15H12BrN/c16-13-9-10-14-7-4-8-15(17(14)11-13)12-5-2-1-3-6-12/h1-3,5-11H,4H2. The van der Waals surface area contributed by atoms with Crippen molar-refractivity contribution < 1.29 is 0 Å². The molecule has 2 heteroatoms. The van der Waals surface area contributed by atoms with Gasteiger partial charge in [0.15, 0.2) is 0 Å². The molecule has 0 aromatic heterocycles. The lowest BCUT2D eigenvalue weighted by Gasteiger charge is -2.30. The summed E-state index contributed by atoms with van der Waals surface area (Å²) in [4.78, 5) is 2.23. The van der Waals surface area contributed by atoms with Gasteiger partial charge in [-0.3, -0.25) is 0 Å². The van der Waals surface area contributed by atoms with Crippen LogP contribution in [0.1, 0.15) is 12.0 Å². The Balaban J connectivity index is 2.02. The smallest absolute Gasteiger partial charge is 0.0491 e. The molecule has 0 radical (unpaired) electrons. The molecule has 2 aliphatic rings. The number of hydrogen-bond donors (Lipinski definition) is 0. The summed E-state index contributed by atoms with van der Waals surface area (Å²) in [5.74, 6) is 0. The summed E-state index contributed by atoms with van der Waals surface area (Å²) in [6, 6.07) is 10.5. The maximum Gasteiger partial charge on any atom is 0.0491 e. The van der Waals surface area contributed by atoms with Gasteiger partial charge in [-0.2, -0.15) is 0 Å². The Morgan fingerprint density at radius 2 is 1.82 bits per heavy atom. The van der Waals surface area contributed by atoms with Gasteiger partial charge in [-0.15, -0.1) is 0 Å². The first-order valence-corrected chi connectivity index (χ1v) is 6.44. The summed E-state index contributed by atoms with van der Waals surface area (Å²) in [5.41, 5.74) is 3.75. The molecule has 0 bridgehead atoms. The summed E-state index contributed by atoms with van der Waals surface area (Å²) in [6.07, 6.45) is 11.8. The Bertz CT molecular complexity index is 550. The lowest BCUT2D eigenvalue weighted by Crippen LogP contribution is -2.18. The highest BCUT2D eigenvalue weighted by molar-refractivity contribution is 9.11. The molecule has 1 nitrogen and oxygen atoms in total. The molecule has 0 atom stereocenters. The van der Waals surface area contributed by atoms with Crippen LogP contribution >= 0.6 is 15.9 Å². The number of fused-ring (bicyclic) bond motifs is 1. The second-order valence-corrected chi connectivity index (χ2v) is 4.95. The minimum Gasteiger partial charge on any atom is -0.316 e. The molecule has 2 aliphatic heterocycles. The Morgan fingerprint density at radius 1 is 1.00 bits per heavy atom. The first kappa shape index (κ1) is 10.6. The van der Waals surface area contributed by atoms with Gasteiger partial charge < -0.3 is 4.90 Å². The van der Waals surface area contributed by atoms with Crippen LogP contribution < -0.4 is 0 Å². The van der Waals surface area contributed by atoms with Crippen molar-refractivity contribution in [1.29, 1.82) is 0 Å². The van der Waals surface area contributed by atoms with Crippen LogP contribution in [0.5, 0.6) is 0 Å². The number of halogens is 1. The highest BCUT2D eigenvalue weighted by Gasteiger charge is 2.17. The Kier molecular flexibility index (Phi) is 2.73. The number of nitrogens with zero attached hydrogens (tertiary/aromatic N) is 1. The van der Waals surface area contributed by atoms with E-state index in [1.165, 1.54) is 17.0 Å². The van der Waals surface area contributed by atoms with Crippen LogP contribution in [-0.2, 0) is 0 Å². The molecule has 0 N–H and O–H groups in total. The van der Waals surface area contributed by atoms with Gasteiger partial charge in [-0.05, 0) is 40.1 Å². The van der Waals surface area contributed by atoms with Gasteiger partial charge in [0.25, 0.3) is 0 Å². The number of allylic oxidation sites excluding steroid dienone is 5. The molecule has 0 saturated carbocycles. The summed E-state index contributed by atoms with van der Waals surface area (Å²) < 4.78 is 1.10. The quantitative estimate of drug-likeness (QED) is 0.738. The molecule has 2 heterocycles. The Labute approximate surface area is 110 Å². The van der Waals surface area contributed by atoms with E-state index in [-0.39, 0.29) is 0 Å². The van der Waals surface area contributed by atoms with E-state index < -0.39 is 0 Å². The van der Waals surface area contributed by atoms with Crippen molar-refractivity contribution >= 4 is 21.6 Å². The van der Waals surface area contributed by atoms with Crippen molar-refractivity contribution in [3.8, 4) is 0 Å². The molecule has 3 rings (SSSR count). The van der Waals surface area contributed by atoms with Crippen molar-refractivity contribution in [2.75, 3.05) is 0 Å². The zero-order chi connectivity index (χ0) is 11.7. The van der Waals surface area contributed by atoms with Gasteiger partial charge in [0.05, 0.1) is 0 Å². The molecule has 17 heavy (non-hydrogen) atoms. The molecule has 1 aromatic rings. The molecular formula is C15H12BrN. The predicted octanol–water partition coefficient (Wildman–Crippen LogP) is 4.42. The number of hydrogen-bond acceptors (Lipinski definition) is 1. The highest BCUT2D eigenvalue weighted by Crippen LogP contribution is 2.33. The average molecular weight is 286 g/mol. The van der Waals surface area contributed by atoms with Crippen LogP contribution in [0, 0.1) is 0 Å². The van der Waals surface area contributed by atoms with Crippen LogP contribution in [0.25, 0.3) is 5.70 Å². The van der Waals surface area contributed by atoms with E-state index in [4.69, 9.17) is 0 Å². The minimum absolute atomic E-state index is 0.992. The SMILES string of the molecule is BrC1=CN2C(=CCC=C2c2ccccc2)C=C1. The second kappa shape index (κ2) is 4.38. The van der Waals surface area contributed by atoms with E-state index in [1.807, 2.05) is 6.07 Å². The predicted molar refractivity (Wildman–Crippen MR) is 75.1 cm³/mol. The fourth-order valence-electron chi connectivity index (χ4n) is 2.12. The molecule has 0 aliphatic carbocycles. The zero-order valence-electron chi connectivity index (χ0n) is 9.31. The molecule has 1 aromatic carbocycles. The fourth-order valence-corrected chi connectivity index (χ4v) is 2.45. The summed E-state index contributed by atoms with van der Waals surface area (Å²) in [5, 5.41) is 0. The molecular weight excluding hydrogens is 274 g/mol. The van der Waals surface area contributed by atoms with Crippen LogP contribution in [0.15, 0.2) is 71.0 Å². The van der Waals surface area contributed by atoms with Gasteiger partial charge in [-0.25, -0.2) is 0 Å². The topological polar surface area (TPSA) is 3.24 Å². The van der Waals surface area contributed by atoms with Gasteiger partial charge in [0.1, 0.15) is 0 Å². The first-order chi connectivity index (χ1) is 8.34. The van der Waals surface area contributed by atoms with Crippen molar-refractivity contribution in [3.63, 3.8) is 0 Å². The molecule has 0 spiro atoms. The third kappa shape index (κ3) is 2.01. The third-order valence-electron chi connectivity index (χ3n) is 2.91. The highest BCUT2D eigenvalue weighted by atomic mass is 79.9. The summed E-state index contributed by atoms with van der Waals surface area (Å²) in [6.45, 7) is 0. The number of rotatable bonds is 1. The van der Waals surface area contributed by atoms with E-state index >= 15 is 0 Å². The monoisotopic (exact) mass is 285 g/mol. The van der Waals surface area contributed by atoms with Gasteiger partial charge in [0, 0.05) is 22.1 Å². The largest absolute Gasteiger partial charge is 0.316 e. The summed E-state index contributed by atoms with van der Waals surface area (Å²) >= 11 is 3.53. The average Bonchev–Trinajstić information content (AvgIpc) is 2.39. The Hall–Kier alpha value is -1.54. The number of benzene rings is 1. The van der Waals surface area contributed by atoms with Crippen molar-refractivity contribution in [3.05, 3.63) is 76.6 Å². The van der Waals surface area contributed by atoms with Crippen LogP contribution in [0.3, 0.4) is 0 Å². The molecule has 0 fully saturated rings. The van der Waals surface area contributed by atoms with Gasteiger partial charge in [-0.1, -0.05) is 42.5 Å².